The molecule has 0 saturated carbocycles. The van der Waals surface area contributed by atoms with Crippen molar-refractivity contribution in [2.45, 2.75) is 0 Å². The van der Waals surface area contributed by atoms with Crippen molar-refractivity contribution in [3.63, 3.8) is 0 Å². The van der Waals surface area contributed by atoms with Gasteiger partial charge in [0.25, 0.3) is 0 Å². The van der Waals surface area contributed by atoms with Crippen molar-refractivity contribution in [2.24, 2.45) is 10.2 Å². The highest BCUT2D eigenvalue weighted by molar-refractivity contribution is 8.15. The van der Waals surface area contributed by atoms with Crippen LogP contribution in [0.3, 0.4) is 0 Å². The number of nitriles is 1. The molecule has 2 aromatic rings. The number of nitrogens with one attached hydrogen (secondary N) is 1. The van der Waals surface area contributed by atoms with E-state index in [1.165, 1.54) is 11.8 Å². The first-order valence-corrected chi connectivity index (χ1v) is 8.52. The second kappa shape index (κ2) is 7.64. The van der Waals surface area contributed by atoms with E-state index >= 15 is 0 Å². The van der Waals surface area contributed by atoms with Gasteiger partial charge in [-0.3, -0.25) is 4.79 Å². The zero-order chi connectivity index (χ0) is 17.6. The number of anilines is 2. The van der Waals surface area contributed by atoms with Crippen molar-refractivity contribution in [3.05, 3.63) is 59.7 Å². The number of amidine groups is 1. The molecule has 2 aromatic carbocycles. The van der Waals surface area contributed by atoms with Crippen LogP contribution in [0.5, 0.6) is 0 Å². The van der Waals surface area contributed by atoms with E-state index < -0.39 is 0 Å². The van der Waals surface area contributed by atoms with Gasteiger partial charge >= 0.3 is 0 Å². The van der Waals surface area contributed by atoms with Gasteiger partial charge in [-0.1, -0.05) is 23.9 Å². The van der Waals surface area contributed by atoms with E-state index in [9.17, 15) is 4.79 Å². The molecule has 0 aromatic heterocycles. The van der Waals surface area contributed by atoms with Crippen LogP contribution in [0.25, 0.3) is 0 Å². The van der Waals surface area contributed by atoms with Crippen LogP contribution in [-0.2, 0) is 4.79 Å². The minimum Gasteiger partial charge on any atom is -0.345 e. The monoisotopic (exact) mass is 349 g/mol. The maximum Gasteiger partial charge on any atom is 0.236 e. The van der Waals surface area contributed by atoms with E-state index in [-0.39, 0.29) is 5.91 Å². The Balaban J connectivity index is 1.67. The SMILES string of the molecule is CN(c1ccc(C#N)cc1)c1ccc(C=NN=C2NC(=O)CS2)cc1. The molecule has 1 amide bonds. The summed E-state index contributed by atoms with van der Waals surface area (Å²) >= 11 is 1.34. The van der Waals surface area contributed by atoms with Gasteiger partial charge in [0.2, 0.25) is 5.91 Å². The predicted octanol–water partition coefficient (Wildman–Crippen LogP) is 2.88. The summed E-state index contributed by atoms with van der Waals surface area (Å²) in [6.45, 7) is 0. The summed E-state index contributed by atoms with van der Waals surface area (Å²) in [7, 11) is 1.97. The topological polar surface area (TPSA) is 80.8 Å². The summed E-state index contributed by atoms with van der Waals surface area (Å²) in [5.41, 5.74) is 3.57. The van der Waals surface area contributed by atoms with Gasteiger partial charge in [-0.2, -0.15) is 10.4 Å². The molecule has 0 radical (unpaired) electrons. The maximum absolute atomic E-state index is 11.1. The number of rotatable bonds is 4. The van der Waals surface area contributed by atoms with Crippen LogP contribution in [0.4, 0.5) is 11.4 Å². The number of hydrogen-bond donors (Lipinski definition) is 1. The number of carbonyl (C=O) groups is 1. The molecule has 0 spiro atoms. The molecule has 1 N–H and O–H groups in total. The van der Waals surface area contributed by atoms with E-state index in [2.05, 4.69) is 21.6 Å². The molecule has 1 saturated heterocycles. The summed E-state index contributed by atoms with van der Waals surface area (Å²) in [6, 6.07) is 17.4. The lowest BCUT2D eigenvalue weighted by Crippen LogP contribution is -2.19. The summed E-state index contributed by atoms with van der Waals surface area (Å²) in [5.74, 6) is 0.346. The summed E-state index contributed by atoms with van der Waals surface area (Å²) in [4.78, 5) is 13.1. The average Bonchev–Trinajstić information content (AvgIpc) is 3.07. The Hall–Kier alpha value is -3.11. The maximum atomic E-state index is 11.1. The van der Waals surface area contributed by atoms with Gasteiger partial charge in [-0.05, 0) is 42.0 Å². The molecular formula is C18H15N5OS. The van der Waals surface area contributed by atoms with Gasteiger partial charge in [0, 0.05) is 18.4 Å². The summed E-state index contributed by atoms with van der Waals surface area (Å²) in [5, 5.41) is 20.0. The summed E-state index contributed by atoms with van der Waals surface area (Å²) in [6.07, 6.45) is 1.64. The molecule has 124 valence electrons. The van der Waals surface area contributed by atoms with E-state index in [4.69, 9.17) is 5.26 Å². The van der Waals surface area contributed by atoms with Crippen molar-refractivity contribution >= 4 is 40.4 Å². The highest BCUT2D eigenvalue weighted by Gasteiger charge is 2.15. The molecule has 1 fully saturated rings. The van der Waals surface area contributed by atoms with Crippen molar-refractivity contribution < 1.29 is 4.79 Å². The average molecular weight is 349 g/mol. The van der Waals surface area contributed by atoms with E-state index in [0.717, 1.165) is 16.9 Å². The van der Waals surface area contributed by atoms with Crippen molar-refractivity contribution in [1.29, 1.82) is 5.26 Å². The van der Waals surface area contributed by atoms with Crippen LogP contribution in [0.2, 0.25) is 0 Å². The van der Waals surface area contributed by atoms with Gasteiger partial charge < -0.3 is 10.2 Å². The fraction of sp³-hybridized carbons (Fsp3) is 0.111. The molecule has 6 nitrogen and oxygen atoms in total. The van der Waals surface area contributed by atoms with Crippen molar-refractivity contribution in [2.75, 3.05) is 17.7 Å². The Morgan fingerprint density at radius 1 is 1.16 bits per heavy atom. The third-order valence-electron chi connectivity index (χ3n) is 3.61. The van der Waals surface area contributed by atoms with Gasteiger partial charge in [-0.15, -0.1) is 5.10 Å². The third-order valence-corrected chi connectivity index (χ3v) is 4.47. The Labute approximate surface area is 149 Å². The highest BCUT2D eigenvalue weighted by Crippen LogP contribution is 2.23. The zero-order valence-corrected chi connectivity index (χ0v) is 14.3. The Kier molecular flexibility index (Phi) is 5.11. The van der Waals surface area contributed by atoms with E-state index in [1.54, 1.807) is 18.3 Å². The molecule has 25 heavy (non-hydrogen) atoms. The fourth-order valence-corrected chi connectivity index (χ4v) is 2.85. The highest BCUT2D eigenvalue weighted by atomic mass is 32.2. The van der Waals surface area contributed by atoms with E-state index in [0.29, 0.717) is 16.5 Å². The second-order valence-corrected chi connectivity index (χ2v) is 6.26. The lowest BCUT2D eigenvalue weighted by molar-refractivity contribution is -0.116. The second-order valence-electron chi connectivity index (χ2n) is 5.30. The Morgan fingerprint density at radius 2 is 1.80 bits per heavy atom. The molecule has 3 rings (SSSR count). The van der Waals surface area contributed by atoms with Gasteiger partial charge in [0.1, 0.15) is 0 Å². The molecule has 0 bridgehead atoms. The van der Waals surface area contributed by atoms with Gasteiger partial charge in [-0.25, -0.2) is 0 Å². The first-order valence-electron chi connectivity index (χ1n) is 7.53. The molecule has 0 aliphatic carbocycles. The molecule has 1 heterocycles. The Morgan fingerprint density at radius 3 is 2.36 bits per heavy atom. The number of thioether (sulfide) groups is 1. The number of benzene rings is 2. The number of carbonyl (C=O) groups excluding carboxylic acids is 1. The van der Waals surface area contributed by atoms with Gasteiger partial charge in [0.15, 0.2) is 5.17 Å². The molecule has 7 heteroatoms. The first kappa shape index (κ1) is 16.7. The molecular weight excluding hydrogens is 334 g/mol. The molecule has 1 aliphatic heterocycles. The lowest BCUT2D eigenvalue weighted by Gasteiger charge is -2.19. The standard InChI is InChI=1S/C18H15N5OS/c1-23(15-6-2-13(10-19)3-7-15)16-8-4-14(5-9-16)11-20-22-18-21-17(24)12-25-18/h2-9,11H,12H2,1H3,(H,21,22,24). The van der Waals surface area contributed by atoms with Crippen LogP contribution in [-0.4, -0.2) is 30.1 Å². The van der Waals surface area contributed by atoms with Crippen LogP contribution >= 0.6 is 11.8 Å². The molecule has 1 aliphatic rings. The van der Waals surface area contributed by atoms with Crippen LogP contribution in [0.15, 0.2) is 58.7 Å². The number of amides is 1. The van der Waals surface area contributed by atoms with Gasteiger partial charge in [0.05, 0.1) is 23.6 Å². The predicted molar refractivity (Wildman–Crippen MR) is 101 cm³/mol. The van der Waals surface area contributed by atoms with Crippen LogP contribution in [0.1, 0.15) is 11.1 Å². The quantitative estimate of drug-likeness (QED) is 0.680. The molecule has 0 atom stereocenters. The fourth-order valence-electron chi connectivity index (χ4n) is 2.22. The Bertz CT molecular complexity index is 866. The largest absolute Gasteiger partial charge is 0.345 e. The minimum absolute atomic E-state index is 0.0471. The zero-order valence-electron chi connectivity index (χ0n) is 13.5. The number of hydrogen-bond acceptors (Lipinski definition) is 6. The summed E-state index contributed by atoms with van der Waals surface area (Å²) < 4.78 is 0. The molecule has 0 unspecified atom stereocenters. The minimum atomic E-state index is -0.0471. The first-order chi connectivity index (χ1) is 12.2. The van der Waals surface area contributed by atoms with Crippen molar-refractivity contribution in [3.8, 4) is 6.07 Å². The van der Waals surface area contributed by atoms with Crippen LogP contribution < -0.4 is 10.2 Å². The van der Waals surface area contributed by atoms with E-state index in [1.807, 2.05) is 48.3 Å². The van der Waals surface area contributed by atoms with Crippen LogP contribution in [0, 0.1) is 11.3 Å². The number of nitrogens with zero attached hydrogens (tertiary/aromatic N) is 4. The third kappa shape index (κ3) is 4.25. The normalized spacial score (nSPS) is 15.4. The smallest absolute Gasteiger partial charge is 0.236 e. The lowest BCUT2D eigenvalue weighted by atomic mass is 10.1. The van der Waals surface area contributed by atoms with Crippen molar-refractivity contribution in [1.82, 2.24) is 5.32 Å².